The molecule has 2 aromatic heterocycles. The van der Waals surface area contributed by atoms with Gasteiger partial charge in [0.05, 0.1) is 24.1 Å². The first-order valence-electron chi connectivity index (χ1n) is 5.86. The monoisotopic (exact) mass is 261 g/mol. The number of rotatable bonds is 3. The number of nitrogen functional groups attached to an aromatic ring is 1. The highest BCUT2D eigenvalue weighted by molar-refractivity contribution is 5.95. The smallest absolute Gasteiger partial charge is 0.340 e. The van der Waals surface area contributed by atoms with Crippen LogP contribution in [0, 0.1) is 13.8 Å². The lowest BCUT2D eigenvalue weighted by atomic mass is 10.2. The van der Waals surface area contributed by atoms with Crippen molar-refractivity contribution in [3.8, 4) is 5.82 Å². The van der Waals surface area contributed by atoms with E-state index in [2.05, 4.69) is 15.1 Å². The third-order valence-electron chi connectivity index (χ3n) is 2.51. The van der Waals surface area contributed by atoms with Crippen molar-refractivity contribution in [2.45, 2.75) is 20.8 Å². The molecule has 2 heterocycles. The fraction of sp³-hybridized carbons (Fsp3) is 0.333. The van der Waals surface area contributed by atoms with Gasteiger partial charge < -0.3 is 10.5 Å². The normalized spacial score (nSPS) is 10.5. The molecule has 19 heavy (non-hydrogen) atoms. The summed E-state index contributed by atoms with van der Waals surface area (Å²) in [7, 11) is 0. The lowest BCUT2D eigenvalue weighted by Crippen LogP contribution is -2.11. The number of hydrogen-bond donors (Lipinski definition) is 1. The summed E-state index contributed by atoms with van der Waals surface area (Å²) in [5, 5.41) is 4.21. The van der Waals surface area contributed by atoms with Gasteiger partial charge in [0.15, 0.2) is 5.82 Å². The van der Waals surface area contributed by atoms with Crippen LogP contribution in [0.5, 0.6) is 0 Å². The molecule has 0 bridgehead atoms. The van der Waals surface area contributed by atoms with Crippen LogP contribution in [0.1, 0.15) is 28.9 Å². The van der Waals surface area contributed by atoms with E-state index in [1.807, 2.05) is 6.92 Å². The number of aromatic nitrogens is 4. The van der Waals surface area contributed by atoms with E-state index < -0.39 is 5.97 Å². The zero-order chi connectivity index (χ0) is 14.0. The molecule has 0 aromatic carbocycles. The van der Waals surface area contributed by atoms with Crippen LogP contribution in [0.2, 0.25) is 0 Å². The molecule has 0 radical (unpaired) electrons. The number of aryl methyl sites for hydroxylation is 2. The second-order valence-corrected chi connectivity index (χ2v) is 3.97. The maximum Gasteiger partial charge on any atom is 0.340 e. The Morgan fingerprint density at radius 1 is 1.47 bits per heavy atom. The summed E-state index contributed by atoms with van der Waals surface area (Å²) in [4.78, 5) is 20.1. The van der Waals surface area contributed by atoms with Crippen molar-refractivity contribution in [2.75, 3.05) is 12.3 Å². The molecule has 0 spiro atoms. The predicted octanol–water partition coefficient (Wildman–Crippen LogP) is 1.04. The SMILES string of the molecule is CCOC(=O)c1cc(-n2nc(C)nc2C)ncc1N. The van der Waals surface area contributed by atoms with Crippen LogP contribution in [0.15, 0.2) is 12.3 Å². The quantitative estimate of drug-likeness (QED) is 0.829. The van der Waals surface area contributed by atoms with E-state index in [0.29, 0.717) is 17.5 Å². The molecule has 0 saturated carbocycles. The van der Waals surface area contributed by atoms with Crippen LogP contribution in [0.3, 0.4) is 0 Å². The van der Waals surface area contributed by atoms with Crippen molar-refractivity contribution in [3.05, 3.63) is 29.5 Å². The summed E-state index contributed by atoms with van der Waals surface area (Å²) in [6.07, 6.45) is 1.41. The van der Waals surface area contributed by atoms with Gasteiger partial charge in [-0.15, -0.1) is 5.10 Å². The molecule has 100 valence electrons. The van der Waals surface area contributed by atoms with Gasteiger partial charge in [0.1, 0.15) is 11.6 Å². The van der Waals surface area contributed by atoms with Crippen molar-refractivity contribution in [3.63, 3.8) is 0 Å². The Kier molecular flexibility index (Phi) is 3.46. The van der Waals surface area contributed by atoms with Crippen LogP contribution < -0.4 is 5.73 Å². The highest BCUT2D eigenvalue weighted by Gasteiger charge is 2.15. The highest BCUT2D eigenvalue weighted by atomic mass is 16.5. The number of ether oxygens (including phenoxy) is 1. The maximum absolute atomic E-state index is 11.8. The van der Waals surface area contributed by atoms with Gasteiger partial charge in [-0.3, -0.25) is 0 Å². The predicted molar refractivity (Wildman–Crippen MR) is 69.0 cm³/mol. The van der Waals surface area contributed by atoms with E-state index in [0.717, 1.165) is 0 Å². The number of anilines is 1. The molecular weight excluding hydrogens is 246 g/mol. The zero-order valence-corrected chi connectivity index (χ0v) is 11.0. The highest BCUT2D eigenvalue weighted by Crippen LogP contribution is 2.16. The first-order valence-corrected chi connectivity index (χ1v) is 5.86. The summed E-state index contributed by atoms with van der Waals surface area (Å²) in [5.74, 6) is 1.33. The Morgan fingerprint density at radius 3 is 2.79 bits per heavy atom. The van der Waals surface area contributed by atoms with E-state index >= 15 is 0 Å². The van der Waals surface area contributed by atoms with E-state index in [1.165, 1.54) is 6.20 Å². The number of carbonyl (C=O) groups is 1. The van der Waals surface area contributed by atoms with E-state index in [4.69, 9.17) is 10.5 Å². The van der Waals surface area contributed by atoms with Gasteiger partial charge in [0.2, 0.25) is 0 Å². The topological polar surface area (TPSA) is 95.9 Å². The lowest BCUT2D eigenvalue weighted by Gasteiger charge is -2.07. The molecule has 0 fully saturated rings. The van der Waals surface area contributed by atoms with Crippen molar-refractivity contribution in [1.82, 2.24) is 19.7 Å². The van der Waals surface area contributed by atoms with Crippen LogP contribution in [0.4, 0.5) is 5.69 Å². The molecule has 0 aliphatic rings. The molecule has 2 aromatic rings. The molecule has 2 rings (SSSR count). The fourth-order valence-corrected chi connectivity index (χ4v) is 1.69. The third kappa shape index (κ3) is 2.54. The fourth-order valence-electron chi connectivity index (χ4n) is 1.69. The molecule has 7 heteroatoms. The van der Waals surface area contributed by atoms with Gasteiger partial charge in [-0.2, -0.15) is 4.68 Å². The van der Waals surface area contributed by atoms with Gasteiger partial charge in [0, 0.05) is 0 Å². The van der Waals surface area contributed by atoms with Crippen molar-refractivity contribution in [2.24, 2.45) is 0 Å². The summed E-state index contributed by atoms with van der Waals surface area (Å²) in [6, 6.07) is 1.55. The number of carbonyl (C=O) groups excluding carboxylic acids is 1. The van der Waals surface area contributed by atoms with E-state index in [9.17, 15) is 4.79 Å². The third-order valence-corrected chi connectivity index (χ3v) is 2.51. The van der Waals surface area contributed by atoms with E-state index in [-0.39, 0.29) is 17.9 Å². The summed E-state index contributed by atoms with van der Waals surface area (Å²) in [5.41, 5.74) is 6.29. The van der Waals surface area contributed by atoms with Gasteiger partial charge in [-0.25, -0.2) is 14.8 Å². The number of hydrogen-bond acceptors (Lipinski definition) is 6. The average molecular weight is 261 g/mol. The van der Waals surface area contributed by atoms with Gasteiger partial charge >= 0.3 is 5.97 Å². The number of pyridine rings is 1. The summed E-state index contributed by atoms with van der Waals surface area (Å²) >= 11 is 0. The summed E-state index contributed by atoms with van der Waals surface area (Å²) < 4.78 is 6.50. The second-order valence-electron chi connectivity index (χ2n) is 3.97. The molecule has 7 nitrogen and oxygen atoms in total. The zero-order valence-electron chi connectivity index (χ0n) is 11.0. The Balaban J connectivity index is 2.46. The van der Waals surface area contributed by atoms with Crippen LogP contribution in [0.25, 0.3) is 5.82 Å². The van der Waals surface area contributed by atoms with Crippen LogP contribution >= 0.6 is 0 Å². The van der Waals surface area contributed by atoms with Gasteiger partial charge in [-0.1, -0.05) is 0 Å². The van der Waals surface area contributed by atoms with Crippen molar-refractivity contribution in [1.29, 1.82) is 0 Å². The number of nitrogens with two attached hydrogens (primary N) is 1. The molecule has 0 aliphatic heterocycles. The van der Waals surface area contributed by atoms with Crippen molar-refractivity contribution >= 4 is 11.7 Å². The molecule has 0 atom stereocenters. The molecular formula is C12H15N5O2. The Hall–Kier alpha value is -2.44. The minimum atomic E-state index is -0.474. The van der Waals surface area contributed by atoms with Gasteiger partial charge in [0.25, 0.3) is 0 Å². The van der Waals surface area contributed by atoms with Gasteiger partial charge in [-0.05, 0) is 26.8 Å². The second kappa shape index (κ2) is 5.05. The largest absolute Gasteiger partial charge is 0.462 e. The number of esters is 1. The number of nitrogens with zero attached hydrogens (tertiary/aromatic N) is 4. The maximum atomic E-state index is 11.8. The van der Waals surface area contributed by atoms with Crippen LogP contribution in [-0.4, -0.2) is 32.3 Å². The van der Waals surface area contributed by atoms with E-state index in [1.54, 1.807) is 24.6 Å². The van der Waals surface area contributed by atoms with Crippen molar-refractivity contribution < 1.29 is 9.53 Å². The molecule has 2 N–H and O–H groups in total. The molecule has 0 aliphatic carbocycles. The first-order chi connectivity index (χ1) is 9.02. The Bertz CT molecular complexity index is 621. The molecule has 0 amide bonds. The Morgan fingerprint density at radius 2 is 2.21 bits per heavy atom. The van der Waals surface area contributed by atoms with Crippen LogP contribution in [-0.2, 0) is 4.74 Å². The summed E-state index contributed by atoms with van der Waals surface area (Å²) in [6.45, 7) is 5.62. The minimum Gasteiger partial charge on any atom is -0.462 e. The molecule has 0 unspecified atom stereocenters. The Labute approximate surface area is 110 Å². The average Bonchev–Trinajstić information content (AvgIpc) is 2.69. The standard InChI is InChI=1S/C12H15N5O2/c1-4-19-12(18)9-5-11(14-6-10(9)13)17-8(3)15-7(2)16-17/h5-6H,4,13H2,1-3H3. The molecule has 0 saturated heterocycles. The minimum absolute atomic E-state index is 0.275. The first kappa shape index (κ1) is 13.0. The lowest BCUT2D eigenvalue weighted by molar-refractivity contribution is 0.0527.